The number of hydrogen-bond donors (Lipinski definition) is 2. The lowest BCUT2D eigenvalue weighted by Crippen LogP contribution is -2.36. The third-order valence-electron chi connectivity index (χ3n) is 3.74. The second-order valence-corrected chi connectivity index (χ2v) is 6.84. The van der Waals surface area contributed by atoms with E-state index in [2.05, 4.69) is 23.3 Å². The molecule has 0 radical (unpaired) electrons. The first-order valence-electron chi connectivity index (χ1n) is 7.70. The van der Waals surface area contributed by atoms with E-state index in [1.807, 2.05) is 37.9 Å². The van der Waals surface area contributed by atoms with Gasteiger partial charge in [0.2, 0.25) is 0 Å². The van der Waals surface area contributed by atoms with Gasteiger partial charge in [-0.3, -0.25) is 0 Å². The Kier molecular flexibility index (Phi) is 4.93. The van der Waals surface area contributed by atoms with E-state index in [4.69, 9.17) is 4.74 Å². The zero-order chi connectivity index (χ0) is 15.5. The summed E-state index contributed by atoms with van der Waals surface area (Å²) in [5.41, 5.74) is 0.771. The molecule has 1 aliphatic rings. The monoisotopic (exact) mass is 293 g/mol. The second-order valence-electron chi connectivity index (χ2n) is 6.84. The average molecular weight is 293 g/mol. The summed E-state index contributed by atoms with van der Waals surface area (Å²) in [6, 6.07) is 4.39. The first-order chi connectivity index (χ1) is 9.85. The number of hydrogen-bond acceptors (Lipinski definition) is 3. The van der Waals surface area contributed by atoms with E-state index in [0.29, 0.717) is 12.0 Å². The summed E-state index contributed by atoms with van der Waals surface area (Å²) in [4.78, 5) is 17.0. The smallest absolute Gasteiger partial charge is 0.410 e. The van der Waals surface area contributed by atoms with Crippen LogP contribution in [0.1, 0.15) is 45.9 Å². The van der Waals surface area contributed by atoms with Crippen LogP contribution in [0.5, 0.6) is 0 Å². The number of H-pyrrole nitrogens is 1. The van der Waals surface area contributed by atoms with E-state index in [0.717, 1.165) is 26.1 Å². The van der Waals surface area contributed by atoms with Crippen molar-refractivity contribution in [1.82, 2.24) is 15.2 Å². The van der Waals surface area contributed by atoms with Crippen molar-refractivity contribution < 1.29 is 9.53 Å². The van der Waals surface area contributed by atoms with Gasteiger partial charge in [0.05, 0.1) is 0 Å². The number of carbonyl (C=O) groups is 1. The van der Waals surface area contributed by atoms with Gasteiger partial charge < -0.3 is 19.9 Å². The molecule has 118 valence electrons. The van der Waals surface area contributed by atoms with E-state index in [1.165, 1.54) is 5.69 Å². The number of aromatic amines is 1. The fraction of sp³-hybridized carbons (Fsp3) is 0.688. The molecule has 0 spiro atoms. The van der Waals surface area contributed by atoms with Gasteiger partial charge in [-0.05, 0) is 52.2 Å². The molecule has 0 saturated carbocycles. The standard InChI is InChI=1S/C16H27N3O2/c1-12(14-6-5-8-17-14)18-10-13-7-9-19(11-13)15(20)21-16(2,3)4/h5-6,8,12-13,17-18H,7,9-11H2,1-4H3/t12-,13+/m0/s1. The van der Waals surface area contributed by atoms with Gasteiger partial charge in [-0.1, -0.05) is 0 Å². The van der Waals surface area contributed by atoms with Crippen molar-refractivity contribution in [2.45, 2.75) is 45.8 Å². The highest BCUT2D eigenvalue weighted by Gasteiger charge is 2.29. The minimum absolute atomic E-state index is 0.192. The summed E-state index contributed by atoms with van der Waals surface area (Å²) in [5, 5.41) is 3.52. The quantitative estimate of drug-likeness (QED) is 0.897. The summed E-state index contributed by atoms with van der Waals surface area (Å²) >= 11 is 0. The SMILES string of the molecule is C[C@H](NC[C@H]1CCN(C(=O)OC(C)(C)C)C1)c1ccc[nH]1. The fourth-order valence-electron chi connectivity index (χ4n) is 2.56. The van der Waals surface area contributed by atoms with Crippen LogP contribution >= 0.6 is 0 Å². The number of likely N-dealkylation sites (tertiary alicyclic amines) is 1. The Labute approximate surface area is 127 Å². The lowest BCUT2D eigenvalue weighted by molar-refractivity contribution is 0.0288. The Hall–Kier alpha value is -1.49. The van der Waals surface area contributed by atoms with Crippen LogP contribution in [0, 0.1) is 5.92 Å². The zero-order valence-electron chi connectivity index (χ0n) is 13.5. The van der Waals surface area contributed by atoms with Crippen molar-refractivity contribution in [1.29, 1.82) is 0 Å². The van der Waals surface area contributed by atoms with Gasteiger partial charge in [0, 0.05) is 37.6 Å². The van der Waals surface area contributed by atoms with Crippen molar-refractivity contribution in [3.05, 3.63) is 24.0 Å². The lowest BCUT2D eigenvalue weighted by Gasteiger charge is -2.24. The van der Waals surface area contributed by atoms with Gasteiger partial charge in [0.1, 0.15) is 5.60 Å². The first kappa shape index (κ1) is 15.9. The van der Waals surface area contributed by atoms with Crippen LogP contribution in [-0.4, -0.2) is 41.2 Å². The van der Waals surface area contributed by atoms with Gasteiger partial charge >= 0.3 is 6.09 Å². The molecule has 1 aromatic rings. The molecule has 2 N–H and O–H groups in total. The molecule has 2 heterocycles. The van der Waals surface area contributed by atoms with Crippen LogP contribution in [0.2, 0.25) is 0 Å². The molecule has 0 unspecified atom stereocenters. The normalized spacial score (nSPS) is 20.6. The lowest BCUT2D eigenvalue weighted by atomic mass is 10.1. The molecule has 2 atom stereocenters. The molecule has 5 nitrogen and oxygen atoms in total. The van der Waals surface area contributed by atoms with Crippen LogP contribution in [0.4, 0.5) is 4.79 Å². The fourth-order valence-corrected chi connectivity index (χ4v) is 2.56. The van der Waals surface area contributed by atoms with Crippen molar-refractivity contribution in [3.63, 3.8) is 0 Å². The van der Waals surface area contributed by atoms with Crippen molar-refractivity contribution in [2.75, 3.05) is 19.6 Å². The number of rotatable bonds is 4. The highest BCUT2D eigenvalue weighted by Crippen LogP contribution is 2.20. The molecular weight excluding hydrogens is 266 g/mol. The summed E-state index contributed by atoms with van der Waals surface area (Å²) in [6.07, 6.45) is 2.78. The molecule has 1 amide bonds. The maximum Gasteiger partial charge on any atom is 0.410 e. The Bertz CT molecular complexity index is 451. The number of carbonyl (C=O) groups excluding carboxylic acids is 1. The highest BCUT2D eigenvalue weighted by molar-refractivity contribution is 5.68. The Balaban J connectivity index is 1.74. The van der Waals surface area contributed by atoms with E-state index in [9.17, 15) is 4.79 Å². The maximum absolute atomic E-state index is 12.0. The summed E-state index contributed by atoms with van der Waals surface area (Å²) in [5.74, 6) is 0.495. The number of nitrogens with zero attached hydrogens (tertiary/aromatic N) is 1. The zero-order valence-corrected chi connectivity index (χ0v) is 13.5. The Morgan fingerprint density at radius 3 is 2.95 bits per heavy atom. The predicted molar refractivity (Wildman–Crippen MR) is 83.1 cm³/mol. The Morgan fingerprint density at radius 2 is 2.33 bits per heavy atom. The van der Waals surface area contributed by atoms with Crippen LogP contribution in [0.25, 0.3) is 0 Å². The molecule has 5 heteroatoms. The van der Waals surface area contributed by atoms with Crippen molar-refractivity contribution in [2.24, 2.45) is 5.92 Å². The molecule has 2 rings (SSSR count). The van der Waals surface area contributed by atoms with Crippen molar-refractivity contribution in [3.8, 4) is 0 Å². The number of ether oxygens (including phenoxy) is 1. The molecule has 21 heavy (non-hydrogen) atoms. The summed E-state index contributed by atoms with van der Waals surface area (Å²) < 4.78 is 5.42. The number of amides is 1. The molecule has 0 aromatic carbocycles. The highest BCUT2D eigenvalue weighted by atomic mass is 16.6. The number of nitrogens with one attached hydrogen (secondary N) is 2. The van der Waals surface area contributed by atoms with E-state index < -0.39 is 5.60 Å². The molecule has 1 aromatic heterocycles. The topological polar surface area (TPSA) is 57.4 Å². The average Bonchev–Trinajstić information content (AvgIpc) is 3.05. The molecule has 1 aliphatic heterocycles. The van der Waals surface area contributed by atoms with Gasteiger partial charge in [-0.15, -0.1) is 0 Å². The first-order valence-corrected chi connectivity index (χ1v) is 7.70. The number of aromatic nitrogens is 1. The van der Waals surface area contributed by atoms with Crippen LogP contribution in [-0.2, 0) is 4.74 Å². The van der Waals surface area contributed by atoms with Gasteiger partial charge in [-0.25, -0.2) is 4.79 Å². The predicted octanol–water partition coefficient (Wildman–Crippen LogP) is 2.92. The van der Waals surface area contributed by atoms with Gasteiger partial charge in [-0.2, -0.15) is 0 Å². The minimum Gasteiger partial charge on any atom is -0.444 e. The third kappa shape index (κ3) is 4.77. The summed E-state index contributed by atoms with van der Waals surface area (Å²) in [6.45, 7) is 10.3. The molecule has 0 bridgehead atoms. The molecular formula is C16H27N3O2. The van der Waals surface area contributed by atoms with E-state index in [1.54, 1.807) is 0 Å². The van der Waals surface area contributed by atoms with Crippen LogP contribution < -0.4 is 5.32 Å². The third-order valence-corrected chi connectivity index (χ3v) is 3.74. The maximum atomic E-state index is 12.0. The van der Waals surface area contributed by atoms with Gasteiger partial charge in [0.25, 0.3) is 0 Å². The van der Waals surface area contributed by atoms with Gasteiger partial charge in [0.15, 0.2) is 0 Å². The van der Waals surface area contributed by atoms with Crippen molar-refractivity contribution >= 4 is 6.09 Å². The minimum atomic E-state index is -0.421. The molecule has 1 fully saturated rings. The van der Waals surface area contributed by atoms with E-state index >= 15 is 0 Å². The second kappa shape index (κ2) is 6.52. The molecule has 0 aliphatic carbocycles. The van der Waals surface area contributed by atoms with Crippen LogP contribution in [0.3, 0.4) is 0 Å². The van der Waals surface area contributed by atoms with Crippen LogP contribution in [0.15, 0.2) is 18.3 Å². The molecule has 1 saturated heterocycles. The van der Waals surface area contributed by atoms with E-state index in [-0.39, 0.29) is 6.09 Å². The Morgan fingerprint density at radius 1 is 1.57 bits per heavy atom. The largest absolute Gasteiger partial charge is 0.444 e. The summed E-state index contributed by atoms with van der Waals surface area (Å²) in [7, 11) is 0.